The quantitative estimate of drug-likeness (QED) is 0.687. The molecule has 0 aliphatic carbocycles. The molecule has 1 unspecified atom stereocenters. The highest BCUT2D eigenvalue weighted by Gasteiger charge is 2.30. The molecule has 1 N–H and O–H groups in total. The van der Waals surface area contributed by atoms with Crippen LogP contribution >= 0.6 is 0 Å². The number of hydrogen-bond donors (Lipinski definition) is 1. The van der Waals surface area contributed by atoms with Crippen molar-refractivity contribution in [1.29, 1.82) is 0 Å². The lowest BCUT2D eigenvalue weighted by atomic mass is 10.2. The fourth-order valence-corrected chi connectivity index (χ4v) is 4.06. The van der Waals surface area contributed by atoms with Crippen LogP contribution < -0.4 is 11.0 Å². The zero-order valence-electron chi connectivity index (χ0n) is 14.9. The Kier molecular flexibility index (Phi) is 4.64. The molecule has 1 amide bonds. The number of nitrogens with zero attached hydrogens (tertiary/aromatic N) is 2. The van der Waals surface area contributed by atoms with Crippen LogP contribution in [-0.4, -0.2) is 28.7 Å². The molecule has 0 aliphatic rings. The van der Waals surface area contributed by atoms with E-state index in [-0.39, 0.29) is 10.6 Å². The number of carbonyl (C=O) groups excluding carboxylic acids is 1. The average Bonchev–Trinajstić information content (AvgIpc) is 2.85. The number of amides is 1. The first-order chi connectivity index (χ1) is 12.6. The van der Waals surface area contributed by atoms with Crippen molar-refractivity contribution in [3.63, 3.8) is 0 Å². The fraction of sp³-hybridized carbons (Fsp3) is 0.222. The van der Waals surface area contributed by atoms with E-state index in [1.807, 2.05) is 0 Å². The van der Waals surface area contributed by atoms with Crippen LogP contribution in [0.4, 0.5) is 10.1 Å². The van der Waals surface area contributed by atoms with E-state index in [0.29, 0.717) is 16.7 Å². The van der Waals surface area contributed by atoms with Gasteiger partial charge in [-0.2, -0.15) is 0 Å². The number of fused-ring (bicyclic) bond motifs is 1. The lowest BCUT2D eigenvalue weighted by Crippen LogP contribution is -2.32. The van der Waals surface area contributed by atoms with E-state index in [9.17, 15) is 22.4 Å². The van der Waals surface area contributed by atoms with Crippen molar-refractivity contribution in [2.45, 2.75) is 17.1 Å². The number of hydrogen-bond acceptors (Lipinski definition) is 4. The Hall–Kier alpha value is -2.94. The monoisotopic (exact) mass is 391 g/mol. The summed E-state index contributed by atoms with van der Waals surface area (Å²) in [6, 6.07) is 9.18. The van der Waals surface area contributed by atoms with Crippen molar-refractivity contribution >= 4 is 32.5 Å². The van der Waals surface area contributed by atoms with Crippen LogP contribution in [0.3, 0.4) is 0 Å². The first-order valence-corrected chi connectivity index (χ1v) is 9.63. The van der Waals surface area contributed by atoms with E-state index >= 15 is 0 Å². The summed E-state index contributed by atoms with van der Waals surface area (Å²) in [5.41, 5.74) is 1.46. The van der Waals surface area contributed by atoms with Gasteiger partial charge in [-0.05, 0) is 49.4 Å². The summed E-state index contributed by atoms with van der Waals surface area (Å²) in [6.07, 6.45) is 0. The van der Waals surface area contributed by atoms with Gasteiger partial charge in [0, 0.05) is 19.8 Å². The van der Waals surface area contributed by atoms with Gasteiger partial charge in [0.25, 0.3) is 0 Å². The number of aromatic nitrogens is 2. The molecule has 9 heteroatoms. The molecule has 1 heterocycles. The Balaban J connectivity index is 1.88. The van der Waals surface area contributed by atoms with E-state index in [4.69, 9.17) is 0 Å². The maximum atomic E-state index is 13.0. The minimum atomic E-state index is -3.97. The Morgan fingerprint density at radius 3 is 2.26 bits per heavy atom. The van der Waals surface area contributed by atoms with Crippen molar-refractivity contribution in [2.24, 2.45) is 14.1 Å². The number of aryl methyl sites for hydroxylation is 2. The predicted octanol–water partition coefficient (Wildman–Crippen LogP) is 1.82. The highest BCUT2D eigenvalue weighted by atomic mass is 32.2. The maximum absolute atomic E-state index is 13.0. The third-order valence-corrected chi connectivity index (χ3v) is 6.59. The summed E-state index contributed by atoms with van der Waals surface area (Å²) in [6.45, 7) is 1.27. The zero-order valence-corrected chi connectivity index (χ0v) is 15.7. The highest BCUT2D eigenvalue weighted by molar-refractivity contribution is 7.92. The van der Waals surface area contributed by atoms with Crippen LogP contribution in [0.15, 0.2) is 52.2 Å². The molecule has 0 saturated heterocycles. The van der Waals surface area contributed by atoms with Crippen LogP contribution in [0.25, 0.3) is 11.0 Å². The molecule has 0 radical (unpaired) electrons. The van der Waals surface area contributed by atoms with Gasteiger partial charge in [0.1, 0.15) is 11.1 Å². The van der Waals surface area contributed by atoms with Crippen LogP contribution in [0.2, 0.25) is 0 Å². The number of nitrogens with one attached hydrogen (secondary N) is 1. The van der Waals surface area contributed by atoms with Crippen molar-refractivity contribution in [1.82, 2.24) is 9.13 Å². The van der Waals surface area contributed by atoms with Crippen LogP contribution in [0, 0.1) is 5.82 Å². The Morgan fingerprint density at radius 1 is 1.04 bits per heavy atom. The first kappa shape index (κ1) is 18.8. The molecular formula is C18H18FN3O4S. The molecule has 3 aromatic rings. The molecule has 0 fully saturated rings. The van der Waals surface area contributed by atoms with E-state index in [1.165, 1.54) is 16.1 Å². The predicted molar refractivity (Wildman–Crippen MR) is 99.8 cm³/mol. The van der Waals surface area contributed by atoms with E-state index < -0.39 is 26.8 Å². The summed E-state index contributed by atoms with van der Waals surface area (Å²) < 4.78 is 41.0. The SMILES string of the molecule is CC(C(=O)Nc1ccc2c(c1)n(C)c(=O)n2C)S(=O)(=O)c1ccc(F)cc1. The molecule has 1 atom stereocenters. The summed E-state index contributed by atoms with van der Waals surface area (Å²) >= 11 is 0. The standard InChI is InChI=1S/C18H18FN3O4S/c1-11(27(25,26)14-7-4-12(19)5-8-14)17(23)20-13-6-9-15-16(10-13)22(3)18(24)21(15)2/h4-11H,1-3H3,(H,20,23). The molecule has 142 valence electrons. The second-order valence-electron chi connectivity index (χ2n) is 6.23. The van der Waals surface area contributed by atoms with Gasteiger partial charge in [-0.15, -0.1) is 0 Å². The lowest BCUT2D eigenvalue weighted by molar-refractivity contribution is -0.115. The van der Waals surface area contributed by atoms with Crippen molar-refractivity contribution < 1.29 is 17.6 Å². The zero-order chi connectivity index (χ0) is 19.9. The summed E-state index contributed by atoms with van der Waals surface area (Å²) in [7, 11) is -0.718. The van der Waals surface area contributed by atoms with Crippen LogP contribution in [0.1, 0.15) is 6.92 Å². The van der Waals surface area contributed by atoms with E-state index in [1.54, 1.807) is 32.3 Å². The average molecular weight is 391 g/mol. The normalized spacial score (nSPS) is 12.9. The number of halogens is 1. The Labute approximate surface area is 155 Å². The number of benzene rings is 2. The molecular weight excluding hydrogens is 373 g/mol. The van der Waals surface area contributed by atoms with Gasteiger partial charge in [0.05, 0.1) is 15.9 Å². The minimum Gasteiger partial charge on any atom is -0.325 e. The molecule has 0 aliphatic heterocycles. The molecule has 7 nitrogen and oxygen atoms in total. The summed E-state index contributed by atoms with van der Waals surface area (Å²) in [4.78, 5) is 24.3. The molecule has 0 saturated carbocycles. The van der Waals surface area contributed by atoms with E-state index in [0.717, 1.165) is 24.3 Å². The summed E-state index contributed by atoms with van der Waals surface area (Å²) in [5, 5.41) is 1.18. The third kappa shape index (κ3) is 3.25. The number of sulfone groups is 1. The molecule has 3 rings (SSSR count). The topological polar surface area (TPSA) is 90.2 Å². The second kappa shape index (κ2) is 6.66. The van der Waals surface area contributed by atoms with Crippen LogP contribution in [-0.2, 0) is 28.7 Å². The Bertz CT molecular complexity index is 1190. The van der Waals surface area contributed by atoms with Gasteiger partial charge in [0.2, 0.25) is 5.91 Å². The number of rotatable bonds is 4. The van der Waals surface area contributed by atoms with Crippen molar-refractivity contribution in [3.8, 4) is 0 Å². The minimum absolute atomic E-state index is 0.132. The van der Waals surface area contributed by atoms with Gasteiger partial charge in [-0.3, -0.25) is 13.9 Å². The first-order valence-electron chi connectivity index (χ1n) is 8.08. The molecule has 0 bridgehead atoms. The maximum Gasteiger partial charge on any atom is 0.328 e. The van der Waals surface area contributed by atoms with Gasteiger partial charge >= 0.3 is 5.69 Å². The van der Waals surface area contributed by atoms with Gasteiger partial charge in [-0.25, -0.2) is 17.6 Å². The number of anilines is 1. The van der Waals surface area contributed by atoms with Gasteiger partial charge in [0.15, 0.2) is 9.84 Å². The van der Waals surface area contributed by atoms with Crippen molar-refractivity contribution in [2.75, 3.05) is 5.32 Å². The molecule has 0 spiro atoms. The molecule has 2 aromatic carbocycles. The molecule has 27 heavy (non-hydrogen) atoms. The lowest BCUT2D eigenvalue weighted by Gasteiger charge is -2.13. The van der Waals surface area contributed by atoms with E-state index in [2.05, 4.69) is 5.32 Å². The van der Waals surface area contributed by atoms with Gasteiger partial charge in [-0.1, -0.05) is 0 Å². The highest BCUT2D eigenvalue weighted by Crippen LogP contribution is 2.21. The molecule has 1 aromatic heterocycles. The Morgan fingerprint density at radius 2 is 1.63 bits per heavy atom. The fourth-order valence-electron chi connectivity index (χ4n) is 2.80. The number of imidazole rings is 1. The largest absolute Gasteiger partial charge is 0.328 e. The second-order valence-corrected chi connectivity index (χ2v) is 8.50. The van der Waals surface area contributed by atoms with Crippen LogP contribution in [0.5, 0.6) is 0 Å². The smallest absolute Gasteiger partial charge is 0.325 e. The van der Waals surface area contributed by atoms with Gasteiger partial charge < -0.3 is 5.32 Å². The van der Waals surface area contributed by atoms with Crippen molar-refractivity contribution in [3.05, 3.63) is 58.8 Å². The number of carbonyl (C=O) groups is 1. The third-order valence-electron chi connectivity index (χ3n) is 4.52. The summed E-state index contributed by atoms with van der Waals surface area (Å²) in [5.74, 6) is -1.28.